The first-order chi connectivity index (χ1) is 12.5. The van der Waals surface area contributed by atoms with Gasteiger partial charge in [0, 0.05) is 12.8 Å². The van der Waals surface area contributed by atoms with E-state index in [1.54, 1.807) is 0 Å². The zero-order valence-corrected chi connectivity index (χ0v) is 15.6. The molecule has 0 aliphatic rings. The third-order valence-electron chi connectivity index (χ3n) is 3.39. The predicted molar refractivity (Wildman–Crippen MR) is 93.7 cm³/mol. The normalized spacial score (nSPS) is 11.9. The van der Waals surface area contributed by atoms with E-state index in [4.69, 9.17) is 11.6 Å². The second-order valence-electron chi connectivity index (χ2n) is 5.64. The first kappa shape index (κ1) is 21.0. The maximum Gasteiger partial charge on any atom is 0.422 e. The molecule has 1 N–H and O–H groups in total. The highest BCUT2D eigenvalue weighted by molar-refractivity contribution is 7.90. The molecule has 0 saturated heterocycles. The smallest absolute Gasteiger partial charge is 0.422 e. The Labute approximate surface area is 159 Å². The van der Waals surface area contributed by atoms with Gasteiger partial charge in [-0.3, -0.25) is 4.79 Å². The summed E-state index contributed by atoms with van der Waals surface area (Å²) in [6.07, 6.45) is -3.41. The second-order valence-corrected chi connectivity index (χ2v) is 8.07. The van der Waals surface area contributed by atoms with E-state index in [2.05, 4.69) is 10.1 Å². The molecule has 0 fully saturated rings. The Morgan fingerprint density at radius 3 is 2.33 bits per heavy atom. The molecule has 0 aliphatic heterocycles. The van der Waals surface area contributed by atoms with Crippen LogP contribution in [0.25, 0.3) is 0 Å². The van der Waals surface area contributed by atoms with Crippen LogP contribution >= 0.6 is 11.6 Å². The highest BCUT2D eigenvalue weighted by atomic mass is 35.5. The van der Waals surface area contributed by atoms with Crippen molar-refractivity contribution in [1.82, 2.24) is 5.32 Å². The quantitative estimate of drug-likeness (QED) is 0.773. The zero-order valence-electron chi connectivity index (χ0n) is 14.0. The molecule has 0 unspecified atom stereocenters. The van der Waals surface area contributed by atoms with Gasteiger partial charge < -0.3 is 10.1 Å². The van der Waals surface area contributed by atoms with E-state index in [1.165, 1.54) is 42.5 Å². The minimum atomic E-state index is -4.42. The molecule has 2 rings (SSSR count). The molecule has 27 heavy (non-hydrogen) atoms. The van der Waals surface area contributed by atoms with Crippen molar-refractivity contribution < 1.29 is 31.1 Å². The van der Waals surface area contributed by atoms with Crippen LogP contribution in [0.4, 0.5) is 13.2 Å². The fourth-order valence-corrected chi connectivity index (χ4v) is 2.91. The molecular weight excluding hydrogens is 407 g/mol. The van der Waals surface area contributed by atoms with Gasteiger partial charge in [-0.05, 0) is 35.9 Å². The minimum Gasteiger partial charge on any atom is -0.484 e. The lowest BCUT2D eigenvalue weighted by molar-refractivity contribution is -0.153. The van der Waals surface area contributed by atoms with Crippen LogP contribution < -0.4 is 10.1 Å². The molecular formula is C17H15ClF3NO4S. The van der Waals surface area contributed by atoms with E-state index < -0.39 is 28.5 Å². The Morgan fingerprint density at radius 2 is 1.78 bits per heavy atom. The van der Waals surface area contributed by atoms with Crippen molar-refractivity contribution in [2.24, 2.45) is 0 Å². The summed E-state index contributed by atoms with van der Waals surface area (Å²) in [4.78, 5) is 12.2. The van der Waals surface area contributed by atoms with Crippen LogP contribution in [0.5, 0.6) is 5.75 Å². The summed E-state index contributed by atoms with van der Waals surface area (Å²) >= 11 is 5.95. The van der Waals surface area contributed by atoms with E-state index in [0.29, 0.717) is 5.56 Å². The summed E-state index contributed by atoms with van der Waals surface area (Å²) in [7, 11) is -3.50. The Hall–Kier alpha value is -2.26. The molecule has 0 aliphatic carbocycles. The molecule has 146 valence electrons. The van der Waals surface area contributed by atoms with Gasteiger partial charge >= 0.3 is 6.18 Å². The molecule has 0 aromatic heterocycles. The van der Waals surface area contributed by atoms with Crippen LogP contribution in [0.1, 0.15) is 15.9 Å². The Morgan fingerprint density at radius 1 is 1.15 bits per heavy atom. The van der Waals surface area contributed by atoms with Gasteiger partial charge in [0.2, 0.25) is 0 Å². The van der Waals surface area contributed by atoms with Crippen LogP contribution in [-0.4, -0.2) is 33.4 Å². The predicted octanol–water partition coefficient (Wildman–Crippen LogP) is 3.61. The highest BCUT2D eigenvalue weighted by Crippen LogP contribution is 2.21. The number of carbonyl (C=O) groups excluding carboxylic acids is 1. The number of nitrogens with one attached hydrogen (secondary N) is 1. The lowest BCUT2D eigenvalue weighted by Gasteiger charge is -2.11. The average Bonchev–Trinajstić information content (AvgIpc) is 2.57. The maximum atomic E-state index is 12.3. The highest BCUT2D eigenvalue weighted by Gasteiger charge is 2.28. The van der Waals surface area contributed by atoms with E-state index in [0.717, 1.165) is 6.26 Å². The van der Waals surface area contributed by atoms with Crippen LogP contribution in [-0.2, 0) is 16.4 Å². The summed E-state index contributed by atoms with van der Waals surface area (Å²) in [5, 5.41) is 2.66. The summed E-state index contributed by atoms with van der Waals surface area (Å²) in [6.45, 7) is -1.32. The fourth-order valence-electron chi connectivity index (χ4n) is 2.06. The summed E-state index contributed by atoms with van der Waals surface area (Å²) in [5.74, 6) is -0.533. The number of sulfone groups is 1. The van der Waals surface area contributed by atoms with Crippen LogP contribution in [0, 0.1) is 0 Å². The second kappa shape index (κ2) is 8.18. The molecule has 2 aromatic rings. The monoisotopic (exact) mass is 421 g/mol. The van der Waals surface area contributed by atoms with Crippen LogP contribution in [0.15, 0.2) is 47.4 Å². The van der Waals surface area contributed by atoms with Crippen molar-refractivity contribution in [3.63, 3.8) is 0 Å². The van der Waals surface area contributed by atoms with Gasteiger partial charge in [0.1, 0.15) is 5.75 Å². The number of halogens is 4. The number of hydrogen-bond acceptors (Lipinski definition) is 4. The summed E-state index contributed by atoms with van der Waals surface area (Å²) in [5.41, 5.74) is 0.614. The van der Waals surface area contributed by atoms with Gasteiger partial charge in [0.05, 0.1) is 15.5 Å². The van der Waals surface area contributed by atoms with Crippen LogP contribution in [0.2, 0.25) is 5.02 Å². The van der Waals surface area contributed by atoms with E-state index in [9.17, 15) is 26.4 Å². The van der Waals surface area contributed by atoms with Crippen molar-refractivity contribution in [3.8, 4) is 5.75 Å². The summed E-state index contributed by atoms with van der Waals surface area (Å²) < 4.78 is 64.1. The number of alkyl halides is 3. The molecule has 0 saturated carbocycles. The lowest BCUT2D eigenvalue weighted by atomic mass is 10.2. The average molecular weight is 422 g/mol. The molecule has 0 spiro atoms. The molecule has 0 atom stereocenters. The van der Waals surface area contributed by atoms with E-state index >= 15 is 0 Å². The topological polar surface area (TPSA) is 72.5 Å². The third kappa shape index (κ3) is 6.44. The zero-order chi connectivity index (χ0) is 20.2. The standard InChI is InChI=1S/C17H15ClF3NO4S/c1-27(24,25)13-6-7-15(18)14(8-13)16(23)22-9-11-2-4-12(5-3-11)26-10-17(19,20)21/h2-8H,9-10H2,1H3,(H,22,23). The Kier molecular flexibility index (Phi) is 6.38. The van der Waals surface area contributed by atoms with Gasteiger partial charge in [-0.2, -0.15) is 13.2 Å². The number of carbonyl (C=O) groups is 1. The van der Waals surface area contributed by atoms with Crippen molar-refractivity contribution in [3.05, 3.63) is 58.6 Å². The van der Waals surface area contributed by atoms with Crippen molar-refractivity contribution in [2.45, 2.75) is 17.6 Å². The number of ether oxygens (including phenoxy) is 1. The van der Waals surface area contributed by atoms with E-state index in [1.807, 2.05) is 0 Å². The van der Waals surface area contributed by atoms with Gasteiger partial charge in [0.25, 0.3) is 5.91 Å². The molecule has 0 heterocycles. The molecule has 0 bridgehead atoms. The van der Waals surface area contributed by atoms with Gasteiger partial charge in [-0.1, -0.05) is 23.7 Å². The number of rotatable bonds is 6. The SMILES string of the molecule is CS(=O)(=O)c1ccc(Cl)c(C(=O)NCc2ccc(OCC(F)(F)F)cc2)c1. The van der Waals surface area contributed by atoms with E-state index in [-0.39, 0.29) is 27.8 Å². The molecule has 0 radical (unpaired) electrons. The van der Waals surface area contributed by atoms with Gasteiger partial charge in [0.15, 0.2) is 16.4 Å². The minimum absolute atomic E-state index is 0.00437. The Bertz CT molecular complexity index is 928. The molecule has 2 aromatic carbocycles. The third-order valence-corrected chi connectivity index (χ3v) is 4.83. The first-order valence-corrected chi connectivity index (χ1v) is 9.79. The van der Waals surface area contributed by atoms with Crippen molar-refractivity contribution >= 4 is 27.3 Å². The lowest BCUT2D eigenvalue weighted by Crippen LogP contribution is -2.23. The van der Waals surface area contributed by atoms with Gasteiger partial charge in [-0.15, -0.1) is 0 Å². The number of benzene rings is 2. The number of amides is 1. The Balaban J connectivity index is 2.01. The largest absolute Gasteiger partial charge is 0.484 e. The molecule has 10 heteroatoms. The fraction of sp³-hybridized carbons (Fsp3) is 0.235. The summed E-state index contributed by atoms with van der Waals surface area (Å²) in [6, 6.07) is 9.50. The van der Waals surface area contributed by atoms with Crippen molar-refractivity contribution in [2.75, 3.05) is 12.9 Å². The van der Waals surface area contributed by atoms with Crippen molar-refractivity contribution in [1.29, 1.82) is 0 Å². The molecule has 1 amide bonds. The molecule has 5 nitrogen and oxygen atoms in total. The number of hydrogen-bond donors (Lipinski definition) is 1. The van der Waals surface area contributed by atoms with Crippen LogP contribution in [0.3, 0.4) is 0 Å². The first-order valence-electron chi connectivity index (χ1n) is 7.52. The van der Waals surface area contributed by atoms with Gasteiger partial charge in [-0.25, -0.2) is 8.42 Å². The maximum absolute atomic E-state index is 12.3.